The molecule has 9 heteroatoms. The van der Waals surface area contributed by atoms with Crippen molar-refractivity contribution < 1.29 is 24.9 Å². The number of carbonyl (C=O) groups is 1. The zero-order chi connectivity index (χ0) is 25.5. The van der Waals surface area contributed by atoms with E-state index in [9.17, 15) is 20.1 Å². The van der Waals surface area contributed by atoms with Crippen LogP contribution >= 0.6 is 0 Å². The maximum Gasteiger partial charge on any atom is 0.225 e. The van der Waals surface area contributed by atoms with Gasteiger partial charge in [-0.25, -0.2) is 9.97 Å². The van der Waals surface area contributed by atoms with Gasteiger partial charge in [0.25, 0.3) is 0 Å². The van der Waals surface area contributed by atoms with Gasteiger partial charge in [0.05, 0.1) is 30.2 Å². The molecule has 0 saturated carbocycles. The number of hydrogen-bond acceptors (Lipinski definition) is 8. The number of nitrogens with zero attached hydrogens (tertiary/aromatic N) is 3. The normalized spacial score (nSPS) is 16.9. The van der Waals surface area contributed by atoms with E-state index >= 15 is 0 Å². The molecule has 4 rings (SSSR count). The highest BCUT2D eigenvalue weighted by atomic mass is 16.5. The van der Waals surface area contributed by atoms with Crippen LogP contribution in [-0.2, 0) is 4.79 Å². The minimum Gasteiger partial charge on any atom is -0.491 e. The largest absolute Gasteiger partial charge is 0.491 e. The van der Waals surface area contributed by atoms with Gasteiger partial charge in [-0.15, -0.1) is 0 Å². The second kappa shape index (κ2) is 12.1. The van der Waals surface area contributed by atoms with Gasteiger partial charge in [0.1, 0.15) is 24.5 Å². The third kappa shape index (κ3) is 6.90. The Morgan fingerprint density at radius 3 is 2.61 bits per heavy atom. The maximum absolute atomic E-state index is 12.4. The van der Waals surface area contributed by atoms with E-state index in [1.54, 1.807) is 11.0 Å². The molecule has 1 aromatic heterocycles. The van der Waals surface area contributed by atoms with Crippen LogP contribution in [0.1, 0.15) is 44.2 Å². The minimum absolute atomic E-state index is 0.0243. The first-order valence-electron chi connectivity index (χ1n) is 12.4. The lowest BCUT2D eigenvalue weighted by Crippen LogP contribution is -2.41. The van der Waals surface area contributed by atoms with Crippen molar-refractivity contribution in [3.63, 3.8) is 0 Å². The summed E-state index contributed by atoms with van der Waals surface area (Å²) in [5.74, 6) is 1.06. The average Bonchev–Trinajstić information content (AvgIpc) is 2.88. The van der Waals surface area contributed by atoms with E-state index < -0.39 is 12.2 Å². The summed E-state index contributed by atoms with van der Waals surface area (Å²) in [6, 6.07) is 15.5. The number of piperidine rings is 1. The Labute approximate surface area is 210 Å². The summed E-state index contributed by atoms with van der Waals surface area (Å²) in [5.41, 5.74) is 1.90. The van der Waals surface area contributed by atoms with Crippen molar-refractivity contribution in [2.75, 3.05) is 25.0 Å². The summed E-state index contributed by atoms with van der Waals surface area (Å²) < 4.78 is 5.79. The number of benzene rings is 2. The predicted octanol–water partition coefficient (Wildman–Crippen LogP) is 2.67. The van der Waals surface area contributed by atoms with Crippen LogP contribution in [0.15, 0.2) is 54.9 Å². The van der Waals surface area contributed by atoms with Crippen molar-refractivity contribution in [3.05, 3.63) is 60.4 Å². The van der Waals surface area contributed by atoms with Crippen molar-refractivity contribution in [1.82, 2.24) is 14.9 Å². The fourth-order valence-corrected chi connectivity index (χ4v) is 4.37. The quantitative estimate of drug-likeness (QED) is 0.339. The molecule has 9 nitrogen and oxygen atoms in total. The molecular formula is C27H34N4O5. The topological polar surface area (TPSA) is 128 Å². The first-order chi connectivity index (χ1) is 17.4. The van der Waals surface area contributed by atoms with Crippen LogP contribution < -0.4 is 10.1 Å². The summed E-state index contributed by atoms with van der Waals surface area (Å²) in [6.07, 6.45) is 0.322. The van der Waals surface area contributed by atoms with Gasteiger partial charge in [0, 0.05) is 30.9 Å². The molecule has 0 spiro atoms. The van der Waals surface area contributed by atoms with E-state index in [4.69, 9.17) is 4.74 Å². The Kier molecular flexibility index (Phi) is 8.69. The summed E-state index contributed by atoms with van der Waals surface area (Å²) in [7, 11) is 0. The van der Waals surface area contributed by atoms with Crippen molar-refractivity contribution >= 4 is 22.6 Å². The fourth-order valence-electron chi connectivity index (χ4n) is 4.37. The third-order valence-electron chi connectivity index (χ3n) is 6.47. The zero-order valence-electron chi connectivity index (χ0n) is 20.5. The van der Waals surface area contributed by atoms with Gasteiger partial charge in [0.15, 0.2) is 0 Å². The Balaban J connectivity index is 1.31. The van der Waals surface area contributed by atoms with Crippen molar-refractivity contribution in [3.8, 4) is 5.75 Å². The number of carbonyl (C=O) groups excluding carboxylic acids is 1. The van der Waals surface area contributed by atoms with Crippen LogP contribution in [-0.4, -0.2) is 74.1 Å². The molecule has 192 valence electrons. The fraction of sp³-hybridized carbons (Fsp3) is 0.444. The van der Waals surface area contributed by atoms with E-state index in [1.807, 2.05) is 30.3 Å². The number of anilines is 1. The number of hydrogen-bond donors (Lipinski definition) is 4. The average molecular weight is 495 g/mol. The van der Waals surface area contributed by atoms with E-state index in [2.05, 4.69) is 34.3 Å². The molecule has 0 bridgehead atoms. The van der Waals surface area contributed by atoms with Crippen molar-refractivity contribution in [2.24, 2.45) is 0 Å². The molecule has 1 aliphatic rings. The summed E-state index contributed by atoms with van der Waals surface area (Å²) in [5, 5.41) is 34.5. The molecule has 0 radical (unpaired) electrons. The highest BCUT2D eigenvalue weighted by Crippen LogP contribution is 2.27. The van der Waals surface area contributed by atoms with Gasteiger partial charge >= 0.3 is 0 Å². The number of ether oxygens (including phenoxy) is 1. The first-order valence-corrected chi connectivity index (χ1v) is 12.4. The maximum atomic E-state index is 12.4. The van der Waals surface area contributed by atoms with Crippen LogP contribution in [0.3, 0.4) is 0 Å². The van der Waals surface area contributed by atoms with Gasteiger partial charge in [-0.05, 0) is 43.5 Å². The Morgan fingerprint density at radius 1 is 1.11 bits per heavy atom. The van der Waals surface area contributed by atoms with Gasteiger partial charge < -0.3 is 30.3 Å². The highest BCUT2D eigenvalue weighted by Gasteiger charge is 2.24. The van der Waals surface area contributed by atoms with Gasteiger partial charge in [-0.2, -0.15) is 0 Å². The molecule has 0 aliphatic carbocycles. The lowest BCUT2D eigenvalue weighted by atomic mass is 10.1. The monoisotopic (exact) mass is 494 g/mol. The number of aromatic nitrogens is 2. The number of amides is 1. The van der Waals surface area contributed by atoms with E-state index in [1.165, 1.54) is 6.33 Å². The van der Waals surface area contributed by atoms with Crippen LogP contribution in [0.2, 0.25) is 0 Å². The number of aliphatic hydroxyl groups excluding tert-OH is 3. The molecule has 1 amide bonds. The van der Waals surface area contributed by atoms with Crippen LogP contribution in [0, 0.1) is 0 Å². The predicted molar refractivity (Wildman–Crippen MR) is 137 cm³/mol. The highest BCUT2D eigenvalue weighted by molar-refractivity contribution is 5.90. The molecule has 36 heavy (non-hydrogen) atoms. The molecule has 2 aromatic carbocycles. The van der Waals surface area contributed by atoms with E-state index in [0.29, 0.717) is 37.5 Å². The van der Waals surface area contributed by atoms with Gasteiger partial charge in [0.2, 0.25) is 5.91 Å². The second-order valence-electron chi connectivity index (χ2n) is 9.35. The smallest absolute Gasteiger partial charge is 0.225 e. The van der Waals surface area contributed by atoms with Gasteiger partial charge in [-0.1, -0.05) is 30.3 Å². The molecule has 1 aliphatic heterocycles. The van der Waals surface area contributed by atoms with Crippen LogP contribution in [0.5, 0.6) is 5.75 Å². The lowest BCUT2D eigenvalue weighted by Gasteiger charge is -2.30. The van der Waals surface area contributed by atoms with E-state index in [-0.39, 0.29) is 37.5 Å². The Morgan fingerprint density at radius 2 is 1.86 bits per heavy atom. The SMILES string of the molecule is CC(Nc1ncnc2ccc(OCC(O)CC(O)CC(=O)N3CCC(O)CC3)cc12)c1ccccc1. The second-order valence-corrected chi connectivity index (χ2v) is 9.35. The standard InChI is InChI=1S/C27H34N4O5/c1-18(19-5-3-2-4-6-19)30-27-24-15-23(7-8-25(24)28-17-29-27)36-16-22(34)13-21(33)14-26(35)31-11-9-20(32)10-12-31/h2-8,15,17-18,20-22,32-34H,9-14,16H2,1H3,(H,28,29,30). The summed E-state index contributed by atoms with van der Waals surface area (Å²) in [4.78, 5) is 22.7. The Bertz CT molecular complexity index is 1140. The number of rotatable bonds is 10. The number of aliphatic hydroxyl groups is 3. The molecule has 3 aromatic rings. The number of fused-ring (bicyclic) bond motifs is 1. The van der Waals surface area contributed by atoms with E-state index in [0.717, 1.165) is 16.5 Å². The Hall–Kier alpha value is -3.27. The zero-order valence-corrected chi connectivity index (χ0v) is 20.5. The number of nitrogens with one attached hydrogen (secondary N) is 1. The molecule has 3 unspecified atom stereocenters. The lowest BCUT2D eigenvalue weighted by molar-refractivity contribution is -0.135. The van der Waals surface area contributed by atoms with Gasteiger partial charge in [-0.3, -0.25) is 4.79 Å². The van der Waals surface area contributed by atoms with Crippen molar-refractivity contribution in [1.29, 1.82) is 0 Å². The molecule has 2 heterocycles. The summed E-state index contributed by atoms with van der Waals surface area (Å²) >= 11 is 0. The number of likely N-dealkylation sites (tertiary alicyclic amines) is 1. The molecular weight excluding hydrogens is 460 g/mol. The summed E-state index contributed by atoms with van der Waals surface area (Å²) in [6.45, 7) is 3.02. The van der Waals surface area contributed by atoms with Crippen molar-refractivity contribution in [2.45, 2.75) is 57.0 Å². The minimum atomic E-state index is -0.969. The third-order valence-corrected chi connectivity index (χ3v) is 6.47. The first kappa shape index (κ1) is 25.8. The molecule has 1 fully saturated rings. The van der Waals surface area contributed by atoms with Crippen LogP contribution in [0.4, 0.5) is 5.82 Å². The van der Waals surface area contributed by atoms with Crippen LogP contribution in [0.25, 0.3) is 10.9 Å². The molecule has 3 atom stereocenters. The molecule has 1 saturated heterocycles. The molecule has 4 N–H and O–H groups in total.